The minimum Gasteiger partial charge on any atom is -0.444 e. The van der Waals surface area contributed by atoms with E-state index in [9.17, 15) is 4.79 Å². The minimum absolute atomic E-state index is 0.0731. The maximum atomic E-state index is 11.8. The van der Waals surface area contributed by atoms with Crippen LogP contribution in [-0.2, 0) is 4.74 Å². The first kappa shape index (κ1) is 14.6. The van der Waals surface area contributed by atoms with E-state index in [0.717, 1.165) is 25.9 Å². The highest BCUT2D eigenvalue weighted by Crippen LogP contribution is 2.30. The number of rotatable bonds is 4. The van der Waals surface area contributed by atoms with E-state index in [2.05, 4.69) is 16.0 Å². The molecule has 0 aromatic rings. The third-order valence-electron chi connectivity index (χ3n) is 3.82. The number of nitrogens with one attached hydrogen (secondary N) is 3. The molecule has 1 amide bonds. The van der Waals surface area contributed by atoms with Gasteiger partial charge in [0.25, 0.3) is 0 Å². The van der Waals surface area contributed by atoms with Crippen molar-refractivity contribution in [2.75, 3.05) is 19.6 Å². The molecule has 0 spiro atoms. The van der Waals surface area contributed by atoms with Gasteiger partial charge in [0, 0.05) is 31.2 Å². The van der Waals surface area contributed by atoms with E-state index < -0.39 is 5.60 Å². The summed E-state index contributed by atoms with van der Waals surface area (Å²) in [6.45, 7) is 8.39. The van der Waals surface area contributed by atoms with Crippen molar-refractivity contribution in [3.8, 4) is 0 Å². The predicted octanol–water partition coefficient (Wildman–Crippen LogP) is 1.39. The van der Waals surface area contributed by atoms with E-state index in [4.69, 9.17) is 4.74 Å². The van der Waals surface area contributed by atoms with Gasteiger partial charge in [0.2, 0.25) is 0 Å². The van der Waals surface area contributed by atoms with Crippen LogP contribution >= 0.6 is 0 Å². The zero-order valence-electron chi connectivity index (χ0n) is 12.3. The zero-order valence-corrected chi connectivity index (χ0v) is 12.3. The second-order valence-corrected chi connectivity index (χ2v) is 6.84. The third kappa shape index (κ3) is 4.35. The van der Waals surface area contributed by atoms with Crippen molar-refractivity contribution in [2.24, 2.45) is 0 Å². The Balaban J connectivity index is 1.81. The summed E-state index contributed by atoms with van der Waals surface area (Å²) in [6.07, 6.45) is 4.44. The van der Waals surface area contributed by atoms with Gasteiger partial charge in [-0.15, -0.1) is 0 Å². The van der Waals surface area contributed by atoms with Crippen LogP contribution in [0.2, 0.25) is 0 Å². The van der Waals surface area contributed by atoms with Gasteiger partial charge in [-0.25, -0.2) is 4.79 Å². The Morgan fingerprint density at radius 3 is 2.42 bits per heavy atom. The normalized spacial score (nSPS) is 22.9. The van der Waals surface area contributed by atoms with Gasteiger partial charge in [0.15, 0.2) is 0 Å². The largest absolute Gasteiger partial charge is 0.444 e. The smallest absolute Gasteiger partial charge is 0.407 e. The Labute approximate surface area is 115 Å². The lowest BCUT2D eigenvalue weighted by molar-refractivity contribution is 0.0505. The predicted molar refractivity (Wildman–Crippen MR) is 75.2 cm³/mol. The molecule has 110 valence electrons. The van der Waals surface area contributed by atoms with Crippen LogP contribution in [0.3, 0.4) is 0 Å². The highest BCUT2D eigenvalue weighted by atomic mass is 16.6. The van der Waals surface area contributed by atoms with Gasteiger partial charge >= 0.3 is 6.09 Å². The monoisotopic (exact) mass is 269 g/mol. The van der Waals surface area contributed by atoms with E-state index in [-0.39, 0.29) is 11.6 Å². The van der Waals surface area contributed by atoms with Crippen molar-refractivity contribution >= 4 is 6.09 Å². The Kier molecular flexibility index (Phi) is 4.36. The van der Waals surface area contributed by atoms with Crippen LogP contribution in [0.15, 0.2) is 0 Å². The van der Waals surface area contributed by atoms with Gasteiger partial charge in [-0.2, -0.15) is 0 Å². The quantitative estimate of drug-likeness (QED) is 0.721. The molecule has 5 nitrogen and oxygen atoms in total. The maximum Gasteiger partial charge on any atom is 0.407 e. The summed E-state index contributed by atoms with van der Waals surface area (Å²) >= 11 is 0. The molecule has 1 saturated carbocycles. The van der Waals surface area contributed by atoms with Crippen molar-refractivity contribution in [2.45, 2.75) is 63.6 Å². The van der Waals surface area contributed by atoms with Crippen LogP contribution in [0.4, 0.5) is 4.79 Å². The fourth-order valence-corrected chi connectivity index (χ4v) is 2.80. The Bertz CT molecular complexity index is 315. The molecule has 1 saturated heterocycles. The molecular formula is C14H27N3O2. The van der Waals surface area contributed by atoms with Crippen LogP contribution in [0.1, 0.15) is 46.5 Å². The van der Waals surface area contributed by atoms with Crippen LogP contribution in [0, 0.1) is 0 Å². The Morgan fingerprint density at radius 1 is 1.32 bits per heavy atom. The molecule has 0 aromatic carbocycles. The van der Waals surface area contributed by atoms with Crippen molar-refractivity contribution in [1.82, 2.24) is 16.0 Å². The SMILES string of the molecule is CC(C)(C)OC(=O)NCC1(NC2CNC2)CCCC1. The minimum atomic E-state index is -0.432. The van der Waals surface area contributed by atoms with Gasteiger partial charge in [-0.3, -0.25) is 0 Å². The molecule has 1 heterocycles. The van der Waals surface area contributed by atoms with E-state index in [0.29, 0.717) is 12.6 Å². The van der Waals surface area contributed by atoms with Crippen molar-refractivity contribution in [1.29, 1.82) is 0 Å². The summed E-state index contributed by atoms with van der Waals surface area (Å²) in [5.74, 6) is 0. The number of carbonyl (C=O) groups is 1. The van der Waals surface area contributed by atoms with E-state index in [1.165, 1.54) is 12.8 Å². The molecular weight excluding hydrogens is 242 g/mol. The number of hydrogen-bond acceptors (Lipinski definition) is 4. The molecule has 2 aliphatic rings. The molecule has 19 heavy (non-hydrogen) atoms. The first-order valence-corrected chi connectivity index (χ1v) is 7.34. The van der Waals surface area contributed by atoms with Crippen molar-refractivity contribution in [3.63, 3.8) is 0 Å². The van der Waals surface area contributed by atoms with Crippen LogP contribution in [0.5, 0.6) is 0 Å². The summed E-state index contributed by atoms with van der Waals surface area (Å²) in [6, 6.07) is 0.554. The highest BCUT2D eigenvalue weighted by Gasteiger charge is 2.37. The van der Waals surface area contributed by atoms with E-state index in [1.807, 2.05) is 20.8 Å². The number of hydrogen-bond donors (Lipinski definition) is 3. The number of alkyl carbamates (subject to hydrolysis) is 1. The molecule has 2 rings (SSSR count). The lowest BCUT2D eigenvalue weighted by atomic mass is 9.95. The average molecular weight is 269 g/mol. The second-order valence-electron chi connectivity index (χ2n) is 6.84. The van der Waals surface area contributed by atoms with Crippen LogP contribution in [-0.4, -0.2) is 42.9 Å². The summed E-state index contributed by atoms with van der Waals surface area (Å²) in [4.78, 5) is 11.8. The fourth-order valence-electron chi connectivity index (χ4n) is 2.80. The van der Waals surface area contributed by atoms with Crippen LogP contribution < -0.4 is 16.0 Å². The van der Waals surface area contributed by atoms with Crippen molar-refractivity contribution in [3.05, 3.63) is 0 Å². The van der Waals surface area contributed by atoms with Gasteiger partial charge in [0.05, 0.1) is 0 Å². The van der Waals surface area contributed by atoms with Gasteiger partial charge < -0.3 is 20.7 Å². The Morgan fingerprint density at radius 2 is 1.95 bits per heavy atom. The molecule has 1 aliphatic carbocycles. The third-order valence-corrected chi connectivity index (χ3v) is 3.82. The molecule has 5 heteroatoms. The summed E-state index contributed by atoms with van der Waals surface area (Å²) in [7, 11) is 0. The van der Waals surface area contributed by atoms with Gasteiger partial charge in [-0.1, -0.05) is 12.8 Å². The lowest BCUT2D eigenvalue weighted by Gasteiger charge is -2.39. The molecule has 2 fully saturated rings. The standard InChI is InChI=1S/C14H27N3O2/c1-13(2,3)19-12(18)16-10-14(6-4-5-7-14)17-11-8-15-9-11/h11,15,17H,4-10H2,1-3H3,(H,16,18). The number of amides is 1. The molecule has 0 bridgehead atoms. The van der Waals surface area contributed by atoms with Gasteiger partial charge in [0.1, 0.15) is 5.60 Å². The molecule has 3 N–H and O–H groups in total. The number of carbonyl (C=O) groups excluding carboxylic acids is 1. The topological polar surface area (TPSA) is 62.4 Å². The molecule has 0 atom stereocenters. The van der Waals surface area contributed by atoms with Gasteiger partial charge in [-0.05, 0) is 33.6 Å². The summed E-state index contributed by atoms with van der Waals surface area (Å²) in [5, 5.41) is 9.92. The number of ether oxygens (including phenoxy) is 1. The Hall–Kier alpha value is -0.810. The second kappa shape index (κ2) is 5.67. The van der Waals surface area contributed by atoms with Crippen molar-refractivity contribution < 1.29 is 9.53 Å². The molecule has 0 unspecified atom stereocenters. The first-order chi connectivity index (χ1) is 8.89. The molecule has 1 aliphatic heterocycles. The fraction of sp³-hybridized carbons (Fsp3) is 0.929. The molecule has 0 radical (unpaired) electrons. The lowest BCUT2D eigenvalue weighted by Crippen LogP contribution is -2.64. The summed E-state index contributed by atoms with van der Waals surface area (Å²) in [5.41, 5.74) is -0.359. The first-order valence-electron chi connectivity index (χ1n) is 7.34. The average Bonchev–Trinajstić information content (AvgIpc) is 2.68. The highest BCUT2D eigenvalue weighted by molar-refractivity contribution is 5.67. The van der Waals surface area contributed by atoms with Crippen LogP contribution in [0.25, 0.3) is 0 Å². The van der Waals surface area contributed by atoms with E-state index in [1.54, 1.807) is 0 Å². The summed E-state index contributed by atoms with van der Waals surface area (Å²) < 4.78 is 5.30. The van der Waals surface area contributed by atoms with E-state index >= 15 is 0 Å². The maximum absolute atomic E-state index is 11.8. The zero-order chi connectivity index (χ0) is 13.9. The molecule has 0 aromatic heterocycles.